The first-order valence-corrected chi connectivity index (χ1v) is 6.25. The van der Waals surface area contributed by atoms with Crippen LogP contribution in [0.4, 0.5) is 0 Å². The molecule has 0 aromatic heterocycles. The molecule has 1 heterocycles. The van der Waals surface area contributed by atoms with Crippen LogP contribution in [0.1, 0.15) is 33.1 Å². The molecule has 0 aliphatic carbocycles. The summed E-state index contributed by atoms with van der Waals surface area (Å²) in [6.45, 7) is 12.2. The van der Waals surface area contributed by atoms with Crippen molar-refractivity contribution in [2.75, 3.05) is 26.7 Å². The second kappa shape index (κ2) is 6.29. The second-order valence-corrected chi connectivity index (χ2v) is 4.76. The standard InChI is InChI=1S/C13H26N2/c1-5-7-9-15-10-8-13(6-2)14(4)12(3)11-15/h6,12-13H,2,5,7-11H2,1,3-4H3/t12-,13+/m1/s1. The van der Waals surface area contributed by atoms with Crippen molar-refractivity contribution < 1.29 is 0 Å². The van der Waals surface area contributed by atoms with Gasteiger partial charge < -0.3 is 4.90 Å². The van der Waals surface area contributed by atoms with Crippen molar-refractivity contribution in [1.82, 2.24) is 9.80 Å². The molecule has 0 saturated carbocycles. The molecule has 1 aliphatic rings. The summed E-state index contributed by atoms with van der Waals surface area (Å²) in [5, 5.41) is 0. The first-order chi connectivity index (χ1) is 7.19. The fourth-order valence-corrected chi connectivity index (χ4v) is 2.31. The van der Waals surface area contributed by atoms with Gasteiger partial charge in [-0.2, -0.15) is 0 Å². The molecule has 0 aromatic carbocycles. The van der Waals surface area contributed by atoms with E-state index in [4.69, 9.17) is 0 Å². The third kappa shape index (κ3) is 3.62. The fourth-order valence-electron chi connectivity index (χ4n) is 2.31. The van der Waals surface area contributed by atoms with Gasteiger partial charge in [0.1, 0.15) is 0 Å². The van der Waals surface area contributed by atoms with E-state index in [1.165, 1.54) is 38.9 Å². The highest BCUT2D eigenvalue weighted by atomic mass is 15.2. The molecule has 1 aliphatic heterocycles. The Morgan fingerprint density at radius 3 is 2.80 bits per heavy atom. The van der Waals surface area contributed by atoms with Crippen LogP contribution in [-0.2, 0) is 0 Å². The second-order valence-electron chi connectivity index (χ2n) is 4.76. The topological polar surface area (TPSA) is 6.48 Å². The Morgan fingerprint density at radius 1 is 1.47 bits per heavy atom. The lowest BCUT2D eigenvalue weighted by atomic mass is 10.1. The Labute approximate surface area is 94.9 Å². The lowest BCUT2D eigenvalue weighted by Crippen LogP contribution is -2.40. The Hall–Kier alpha value is -0.340. The number of likely N-dealkylation sites (N-methyl/N-ethyl adjacent to an activating group) is 1. The summed E-state index contributed by atoms with van der Waals surface area (Å²) in [5.41, 5.74) is 0. The molecule has 0 radical (unpaired) electrons. The first-order valence-electron chi connectivity index (χ1n) is 6.25. The van der Waals surface area contributed by atoms with Crippen molar-refractivity contribution >= 4 is 0 Å². The molecule has 0 spiro atoms. The molecule has 0 amide bonds. The highest BCUT2D eigenvalue weighted by Gasteiger charge is 2.23. The maximum Gasteiger partial charge on any atom is 0.0288 e. The molecule has 2 heteroatoms. The predicted octanol–water partition coefficient (Wildman–Crippen LogP) is 2.37. The molecular weight excluding hydrogens is 184 g/mol. The molecule has 88 valence electrons. The van der Waals surface area contributed by atoms with Crippen molar-refractivity contribution in [3.8, 4) is 0 Å². The number of nitrogens with zero attached hydrogens (tertiary/aromatic N) is 2. The Balaban J connectivity index is 2.50. The van der Waals surface area contributed by atoms with E-state index in [1.54, 1.807) is 0 Å². The quantitative estimate of drug-likeness (QED) is 0.657. The van der Waals surface area contributed by atoms with Crippen LogP contribution in [0.3, 0.4) is 0 Å². The number of rotatable bonds is 4. The van der Waals surface area contributed by atoms with E-state index in [2.05, 4.69) is 43.3 Å². The summed E-state index contributed by atoms with van der Waals surface area (Å²) in [4.78, 5) is 5.06. The van der Waals surface area contributed by atoms with Gasteiger partial charge in [0.25, 0.3) is 0 Å². The van der Waals surface area contributed by atoms with Crippen molar-refractivity contribution in [2.45, 2.75) is 45.2 Å². The number of hydrogen-bond donors (Lipinski definition) is 0. The molecule has 1 saturated heterocycles. The zero-order valence-corrected chi connectivity index (χ0v) is 10.6. The van der Waals surface area contributed by atoms with Gasteiger partial charge in [-0.15, -0.1) is 6.58 Å². The minimum Gasteiger partial charge on any atom is -0.302 e. The highest BCUT2D eigenvalue weighted by Crippen LogP contribution is 2.15. The lowest BCUT2D eigenvalue weighted by Gasteiger charge is -2.28. The van der Waals surface area contributed by atoms with Crippen LogP contribution in [-0.4, -0.2) is 48.6 Å². The zero-order valence-electron chi connectivity index (χ0n) is 10.6. The van der Waals surface area contributed by atoms with Gasteiger partial charge in [0, 0.05) is 18.6 Å². The largest absolute Gasteiger partial charge is 0.302 e. The van der Waals surface area contributed by atoms with E-state index < -0.39 is 0 Å². The van der Waals surface area contributed by atoms with E-state index in [9.17, 15) is 0 Å². The van der Waals surface area contributed by atoms with Gasteiger partial charge in [-0.05, 0) is 39.9 Å². The molecule has 15 heavy (non-hydrogen) atoms. The van der Waals surface area contributed by atoms with Crippen LogP contribution < -0.4 is 0 Å². The molecule has 0 aromatic rings. The molecule has 2 atom stereocenters. The zero-order chi connectivity index (χ0) is 11.3. The van der Waals surface area contributed by atoms with Gasteiger partial charge in [0.15, 0.2) is 0 Å². The van der Waals surface area contributed by atoms with E-state index in [-0.39, 0.29) is 0 Å². The summed E-state index contributed by atoms with van der Waals surface area (Å²) in [5.74, 6) is 0. The minimum absolute atomic E-state index is 0.562. The van der Waals surface area contributed by atoms with Crippen molar-refractivity contribution in [3.63, 3.8) is 0 Å². The Bertz CT molecular complexity index is 191. The summed E-state index contributed by atoms with van der Waals surface area (Å²) in [6.07, 6.45) is 5.95. The highest BCUT2D eigenvalue weighted by molar-refractivity contribution is 4.92. The molecule has 1 rings (SSSR count). The van der Waals surface area contributed by atoms with Gasteiger partial charge in [0.05, 0.1) is 0 Å². The van der Waals surface area contributed by atoms with Crippen LogP contribution >= 0.6 is 0 Å². The van der Waals surface area contributed by atoms with E-state index in [1.807, 2.05) is 0 Å². The van der Waals surface area contributed by atoms with Gasteiger partial charge in [-0.3, -0.25) is 4.90 Å². The van der Waals surface area contributed by atoms with Gasteiger partial charge in [0.2, 0.25) is 0 Å². The summed E-state index contributed by atoms with van der Waals surface area (Å²) >= 11 is 0. The monoisotopic (exact) mass is 210 g/mol. The summed E-state index contributed by atoms with van der Waals surface area (Å²) in [6, 6.07) is 1.21. The summed E-state index contributed by atoms with van der Waals surface area (Å²) in [7, 11) is 2.22. The van der Waals surface area contributed by atoms with E-state index >= 15 is 0 Å². The summed E-state index contributed by atoms with van der Waals surface area (Å²) < 4.78 is 0. The van der Waals surface area contributed by atoms with Gasteiger partial charge >= 0.3 is 0 Å². The smallest absolute Gasteiger partial charge is 0.0288 e. The Morgan fingerprint density at radius 2 is 2.20 bits per heavy atom. The van der Waals surface area contributed by atoms with Crippen LogP contribution in [0.2, 0.25) is 0 Å². The van der Waals surface area contributed by atoms with Crippen LogP contribution in [0.25, 0.3) is 0 Å². The van der Waals surface area contributed by atoms with Crippen molar-refractivity contribution in [1.29, 1.82) is 0 Å². The SMILES string of the molecule is C=C[C@H]1CCN(CCCC)C[C@@H](C)N1C. The number of hydrogen-bond acceptors (Lipinski definition) is 2. The third-order valence-electron chi connectivity index (χ3n) is 3.58. The molecule has 0 N–H and O–H groups in total. The van der Waals surface area contributed by atoms with Gasteiger partial charge in [-0.25, -0.2) is 0 Å². The van der Waals surface area contributed by atoms with Crippen LogP contribution in [0, 0.1) is 0 Å². The van der Waals surface area contributed by atoms with E-state index in [0.29, 0.717) is 12.1 Å². The maximum absolute atomic E-state index is 3.94. The lowest BCUT2D eigenvalue weighted by molar-refractivity contribution is 0.199. The normalized spacial score (nSPS) is 30.1. The van der Waals surface area contributed by atoms with Crippen LogP contribution in [0.5, 0.6) is 0 Å². The minimum atomic E-state index is 0.562. The number of unbranched alkanes of at least 4 members (excludes halogenated alkanes) is 1. The first kappa shape index (κ1) is 12.7. The van der Waals surface area contributed by atoms with Crippen LogP contribution in [0.15, 0.2) is 12.7 Å². The van der Waals surface area contributed by atoms with E-state index in [0.717, 1.165) is 0 Å². The van der Waals surface area contributed by atoms with Gasteiger partial charge in [-0.1, -0.05) is 19.4 Å². The average Bonchev–Trinajstić information content (AvgIpc) is 2.37. The van der Waals surface area contributed by atoms with Crippen molar-refractivity contribution in [2.24, 2.45) is 0 Å². The molecule has 0 bridgehead atoms. The predicted molar refractivity (Wildman–Crippen MR) is 67.2 cm³/mol. The molecule has 1 fully saturated rings. The third-order valence-corrected chi connectivity index (χ3v) is 3.58. The maximum atomic E-state index is 3.94. The average molecular weight is 210 g/mol. The molecular formula is C13H26N2. The Kier molecular flexibility index (Phi) is 5.34. The fraction of sp³-hybridized carbons (Fsp3) is 0.846. The van der Waals surface area contributed by atoms with Crippen molar-refractivity contribution in [3.05, 3.63) is 12.7 Å². The molecule has 0 unspecified atom stereocenters. The molecule has 2 nitrogen and oxygen atoms in total.